The van der Waals surface area contributed by atoms with Crippen molar-refractivity contribution in [2.75, 3.05) is 25.4 Å². The molecule has 0 radical (unpaired) electrons. The van der Waals surface area contributed by atoms with E-state index in [-0.39, 0.29) is 18.4 Å². The van der Waals surface area contributed by atoms with Gasteiger partial charge in [-0.3, -0.25) is 9.59 Å². The van der Waals surface area contributed by atoms with Crippen LogP contribution in [0.1, 0.15) is 31.2 Å². The quantitative estimate of drug-likeness (QED) is 0.343. The van der Waals surface area contributed by atoms with E-state index in [4.69, 9.17) is 16.3 Å². The van der Waals surface area contributed by atoms with E-state index in [0.717, 1.165) is 36.4 Å². The number of rotatable bonds is 9. The summed E-state index contributed by atoms with van der Waals surface area (Å²) >= 11 is 7.45. The lowest BCUT2D eigenvalue weighted by molar-refractivity contribution is -0.134. The second-order valence-electron chi connectivity index (χ2n) is 7.14. The van der Waals surface area contributed by atoms with Gasteiger partial charge < -0.3 is 9.64 Å². The highest BCUT2D eigenvalue weighted by atomic mass is 35.5. The molecule has 1 aliphatic heterocycles. The summed E-state index contributed by atoms with van der Waals surface area (Å²) in [6.45, 7) is 1.70. The molecule has 31 heavy (non-hydrogen) atoms. The van der Waals surface area contributed by atoms with E-state index in [1.165, 1.54) is 6.42 Å². The number of likely N-dealkylation sites (tertiary alicyclic amines) is 1. The summed E-state index contributed by atoms with van der Waals surface area (Å²) in [6.07, 6.45) is 5.26. The molecule has 1 saturated heterocycles. The van der Waals surface area contributed by atoms with Gasteiger partial charge in [-0.2, -0.15) is 5.10 Å². The Bertz CT molecular complexity index is 882. The molecule has 0 unspecified atom stereocenters. The Morgan fingerprint density at radius 2 is 1.77 bits per heavy atom. The second kappa shape index (κ2) is 12.4. The summed E-state index contributed by atoms with van der Waals surface area (Å²) in [5, 5.41) is 4.69. The molecule has 164 valence electrons. The van der Waals surface area contributed by atoms with Crippen molar-refractivity contribution in [3.05, 3.63) is 59.1 Å². The Hall–Kier alpha value is -2.51. The van der Waals surface area contributed by atoms with Gasteiger partial charge in [0.1, 0.15) is 5.75 Å². The molecule has 2 aromatic carbocycles. The van der Waals surface area contributed by atoms with E-state index in [0.29, 0.717) is 22.9 Å². The molecule has 3 rings (SSSR count). The third kappa shape index (κ3) is 8.26. The van der Waals surface area contributed by atoms with Gasteiger partial charge in [0, 0.05) is 35.2 Å². The van der Waals surface area contributed by atoms with Gasteiger partial charge in [0.2, 0.25) is 5.91 Å². The standard InChI is InChI=1S/C23H26ClN3O3S/c24-19-6-10-21(11-7-19)31-15-12-22(28)26-25-16-18-4-8-20(9-5-18)30-17-23(29)27-13-2-1-3-14-27/h4-11,16H,1-3,12-15,17H2,(H,26,28). The molecule has 0 bridgehead atoms. The lowest BCUT2D eigenvalue weighted by Crippen LogP contribution is -2.38. The van der Waals surface area contributed by atoms with E-state index in [1.807, 2.05) is 41.3 Å². The predicted molar refractivity (Wildman–Crippen MR) is 125 cm³/mol. The number of amides is 2. The van der Waals surface area contributed by atoms with Crippen molar-refractivity contribution in [2.45, 2.75) is 30.6 Å². The number of hydrogen-bond acceptors (Lipinski definition) is 5. The number of halogens is 1. The van der Waals surface area contributed by atoms with Crippen molar-refractivity contribution < 1.29 is 14.3 Å². The van der Waals surface area contributed by atoms with Crippen LogP contribution in [0, 0.1) is 0 Å². The van der Waals surface area contributed by atoms with Crippen LogP contribution in [0.15, 0.2) is 58.5 Å². The third-order valence-corrected chi connectivity index (χ3v) is 6.03. The number of hydrogen-bond donors (Lipinski definition) is 1. The van der Waals surface area contributed by atoms with E-state index in [2.05, 4.69) is 10.5 Å². The number of nitrogens with one attached hydrogen (secondary N) is 1. The van der Waals surface area contributed by atoms with Crippen LogP contribution in [0.5, 0.6) is 5.75 Å². The van der Waals surface area contributed by atoms with E-state index < -0.39 is 0 Å². The molecule has 1 fully saturated rings. The molecular formula is C23H26ClN3O3S. The van der Waals surface area contributed by atoms with Gasteiger partial charge in [0.05, 0.1) is 6.21 Å². The van der Waals surface area contributed by atoms with Gasteiger partial charge in [0.25, 0.3) is 5.91 Å². The van der Waals surface area contributed by atoms with Crippen molar-refractivity contribution in [1.29, 1.82) is 0 Å². The van der Waals surface area contributed by atoms with Crippen LogP contribution in [0.4, 0.5) is 0 Å². The normalized spacial score (nSPS) is 13.9. The molecule has 1 heterocycles. The number of ether oxygens (including phenoxy) is 1. The molecule has 8 heteroatoms. The zero-order valence-electron chi connectivity index (χ0n) is 17.3. The maximum absolute atomic E-state index is 12.1. The maximum atomic E-state index is 12.1. The highest BCUT2D eigenvalue weighted by Gasteiger charge is 2.16. The summed E-state index contributed by atoms with van der Waals surface area (Å²) in [7, 11) is 0. The summed E-state index contributed by atoms with van der Waals surface area (Å²) in [5.74, 6) is 1.17. The number of nitrogens with zero attached hydrogens (tertiary/aromatic N) is 2. The van der Waals surface area contributed by atoms with Gasteiger partial charge in [0.15, 0.2) is 6.61 Å². The molecule has 0 saturated carbocycles. The number of hydrazone groups is 1. The lowest BCUT2D eigenvalue weighted by Gasteiger charge is -2.26. The minimum atomic E-state index is -0.145. The fraction of sp³-hybridized carbons (Fsp3) is 0.348. The molecule has 1 aliphatic rings. The predicted octanol–water partition coefficient (Wildman–Crippen LogP) is 4.36. The summed E-state index contributed by atoms with van der Waals surface area (Å²) in [6, 6.07) is 14.7. The smallest absolute Gasteiger partial charge is 0.260 e. The van der Waals surface area contributed by atoms with Crippen LogP contribution >= 0.6 is 23.4 Å². The number of thioether (sulfide) groups is 1. The van der Waals surface area contributed by atoms with Gasteiger partial charge in [-0.1, -0.05) is 11.6 Å². The van der Waals surface area contributed by atoms with Crippen molar-refractivity contribution in [3.8, 4) is 5.75 Å². The zero-order valence-corrected chi connectivity index (χ0v) is 18.8. The van der Waals surface area contributed by atoms with E-state index in [9.17, 15) is 9.59 Å². The van der Waals surface area contributed by atoms with E-state index >= 15 is 0 Å². The van der Waals surface area contributed by atoms with E-state index in [1.54, 1.807) is 30.1 Å². The first-order chi connectivity index (χ1) is 15.1. The fourth-order valence-electron chi connectivity index (χ4n) is 3.06. The van der Waals surface area contributed by atoms with Gasteiger partial charge in [-0.15, -0.1) is 11.8 Å². The first-order valence-corrected chi connectivity index (χ1v) is 11.7. The molecule has 0 atom stereocenters. The Morgan fingerprint density at radius 1 is 1.06 bits per heavy atom. The van der Waals surface area contributed by atoms with Crippen molar-refractivity contribution in [2.24, 2.45) is 5.10 Å². The van der Waals surface area contributed by atoms with Gasteiger partial charge in [-0.25, -0.2) is 5.43 Å². The average Bonchev–Trinajstić information content (AvgIpc) is 2.80. The minimum Gasteiger partial charge on any atom is -0.484 e. The number of carbonyl (C=O) groups excluding carboxylic acids is 2. The summed E-state index contributed by atoms with van der Waals surface area (Å²) in [4.78, 5) is 27.0. The Labute approximate surface area is 192 Å². The van der Waals surface area contributed by atoms with Crippen LogP contribution < -0.4 is 10.2 Å². The molecular weight excluding hydrogens is 434 g/mol. The topological polar surface area (TPSA) is 71.0 Å². The van der Waals surface area contributed by atoms with Crippen molar-refractivity contribution in [1.82, 2.24) is 10.3 Å². The zero-order chi connectivity index (χ0) is 21.9. The number of benzene rings is 2. The first kappa shape index (κ1) is 23.2. The third-order valence-electron chi connectivity index (χ3n) is 4.77. The van der Waals surface area contributed by atoms with Crippen LogP contribution in [0.2, 0.25) is 5.02 Å². The molecule has 6 nitrogen and oxygen atoms in total. The first-order valence-electron chi connectivity index (χ1n) is 10.3. The Balaban J connectivity index is 1.34. The molecule has 1 N–H and O–H groups in total. The molecule has 0 spiro atoms. The average molecular weight is 460 g/mol. The molecule has 2 aromatic rings. The largest absolute Gasteiger partial charge is 0.484 e. The highest BCUT2D eigenvalue weighted by Crippen LogP contribution is 2.20. The second-order valence-corrected chi connectivity index (χ2v) is 8.75. The van der Waals surface area contributed by atoms with Gasteiger partial charge >= 0.3 is 0 Å². The molecule has 0 aromatic heterocycles. The Morgan fingerprint density at radius 3 is 2.48 bits per heavy atom. The molecule has 2 amide bonds. The SMILES string of the molecule is O=C(CCSc1ccc(Cl)cc1)NN=Cc1ccc(OCC(=O)N2CCCCC2)cc1. The maximum Gasteiger partial charge on any atom is 0.260 e. The minimum absolute atomic E-state index is 0.0299. The summed E-state index contributed by atoms with van der Waals surface area (Å²) < 4.78 is 5.59. The van der Waals surface area contributed by atoms with Crippen LogP contribution in [0.25, 0.3) is 0 Å². The Kier molecular flexibility index (Phi) is 9.24. The monoisotopic (exact) mass is 459 g/mol. The fourth-order valence-corrected chi connectivity index (χ4v) is 4.03. The lowest BCUT2D eigenvalue weighted by atomic mass is 10.1. The summed E-state index contributed by atoms with van der Waals surface area (Å²) in [5.41, 5.74) is 3.36. The number of piperidine rings is 1. The van der Waals surface area contributed by atoms with Crippen LogP contribution in [0.3, 0.4) is 0 Å². The van der Waals surface area contributed by atoms with Crippen molar-refractivity contribution in [3.63, 3.8) is 0 Å². The van der Waals surface area contributed by atoms with Crippen molar-refractivity contribution >= 4 is 41.4 Å². The van der Waals surface area contributed by atoms with Crippen LogP contribution in [-0.4, -0.2) is 48.4 Å². The van der Waals surface area contributed by atoms with Gasteiger partial charge in [-0.05, 0) is 73.4 Å². The highest BCUT2D eigenvalue weighted by molar-refractivity contribution is 7.99. The van der Waals surface area contributed by atoms with Crippen LogP contribution in [-0.2, 0) is 9.59 Å². The molecule has 0 aliphatic carbocycles. The number of carbonyl (C=O) groups is 2.